The van der Waals surface area contributed by atoms with Gasteiger partial charge in [0.1, 0.15) is 5.75 Å². The van der Waals surface area contributed by atoms with E-state index < -0.39 is 15.3 Å². The molecule has 0 aliphatic carbocycles. The zero-order valence-electron chi connectivity index (χ0n) is 15.1. The fourth-order valence-electron chi connectivity index (χ4n) is 3.45. The third kappa shape index (κ3) is 4.36. The Morgan fingerprint density at radius 1 is 1.19 bits per heavy atom. The summed E-state index contributed by atoms with van der Waals surface area (Å²) in [5.41, 5.74) is 0.897. The molecule has 2 saturated heterocycles. The van der Waals surface area contributed by atoms with E-state index in [4.69, 9.17) is 9.47 Å². The van der Waals surface area contributed by atoms with E-state index in [9.17, 15) is 13.2 Å². The van der Waals surface area contributed by atoms with Crippen LogP contribution in [-0.2, 0) is 26.0 Å². The summed E-state index contributed by atoms with van der Waals surface area (Å²) >= 11 is 0. The van der Waals surface area contributed by atoms with Crippen molar-refractivity contribution in [2.24, 2.45) is 0 Å². The van der Waals surface area contributed by atoms with Gasteiger partial charge in [-0.2, -0.15) is 4.31 Å². The number of likely N-dealkylation sites (tertiary alicyclic amines) is 1. The number of benzene rings is 1. The van der Waals surface area contributed by atoms with Crippen LogP contribution in [0.4, 0.5) is 0 Å². The van der Waals surface area contributed by atoms with Gasteiger partial charge in [-0.25, -0.2) is 8.42 Å². The molecule has 2 heterocycles. The Morgan fingerprint density at radius 2 is 1.88 bits per heavy atom. The van der Waals surface area contributed by atoms with E-state index >= 15 is 0 Å². The highest BCUT2D eigenvalue weighted by Crippen LogP contribution is 2.22. The van der Waals surface area contributed by atoms with Gasteiger partial charge in [-0.05, 0) is 30.5 Å². The number of morpholine rings is 1. The van der Waals surface area contributed by atoms with E-state index in [1.165, 1.54) is 4.31 Å². The Morgan fingerprint density at radius 3 is 2.54 bits per heavy atom. The Kier molecular flexibility index (Phi) is 6.16. The number of hydrogen-bond acceptors (Lipinski definition) is 5. The summed E-state index contributed by atoms with van der Waals surface area (Å²) in [6, 6.07) is 7.38. The first-order chi connectivity index (χ1) is 12.5. The molecule has 26 heavy (non-hydrogen) atoms. The highest BCUT2D eigenvalue weighted by Gasteiger charge is 2.37. The maximum atomic E-state index is 12.9. The van der Waals surface area contributed by atoms with E-state index in [1.54, 1.807) is 12.0 Å². The molecule has 0 unspecified atom stereocenters. The van der Waals surface area contributed by atoms with E-state index in [1.807, 2.05) is 24.3 Å². The Labute approximate surface area is 154 Å². The van der Waals surface area contributed by atoms with Crippen LogP contribution in [0.2, 0.25) is 0 Å². The number of piperidine rings is 1. The summed E-state index contributed by atoms with van der Waals surface area (Å²) in [7, 11) is -1.79. The van der Waals surface area contributed by atoms with E-state index in [0.29, 0.717) is 45.7 Å². The second-order valence-corrected chi connectivity index (χ2v) is 8.90. The minimum absolute atomic E-state index is 0.0305. The molecule has 7 nitrogen and oxygen atoms in total. The third-order valence-electron chi connectivity index (χ3n) is 5.00. The number of carbonyl (C=O) groups is 1. The van der Waals surface area contributed by atoms with Crippen LogP contribution in [0.1, 0.15) is 18.4 Å². The number of carbonyl (C=O) groups excluding carboxylic acids is 1. The first-order valence-corrected chi connectivity index (χ1v) is 10.5. The molecular weight excluding hydrogens is 356 g/mol. The number of rotatable bonds is 5. The maximum absolute atomic E-state index is 12.9. The van der Waals surface area contributed by atoms with Crippen molar-refractivity contribution in [3.05, 3.63) is 29.8 Å². The third-order valence-corrected chi connectivity index (χ3v) is 7.31. The molecule has 0 radical (unpaired) electrons. The van der Waals surface area contributed by atoms with Gasteiger partial charge in [0.2, 0.25) is 15.9 Å². The highest BCUT2D eigenvalue weighted by molar-refractivity contribution is 7.89. The van der Waals surface area contributed by atoms with Crippen LogP contribution in [0.3, 0.4) is 0 Å². The lowest BCUT2D eigenvalue weighted by atomic mass is 10.1. The summed E-state index contributed by atoms with van der Waals surface area (Å²) in [6.07, 6.45) is 1.59. The minimum Gasteiger partial charge on any atom is -0.497 e. The molecule has 0 N–H and O–H groups in total. The van der Waals surface area contributed by atoms with Crippen molar-refractivity contribution >= 4 is 15.9 Å². The van der Waals surface area contributed by atoms with E-state index in [0.717, 1.165) is 11.3 Å². The number of nitrogens with zero attached hydrogens (tertiary/aromatic N) is 2. The summed E-state index contributed by atoms with van der Waals surface area (Å²) in [5.74, 6) is 0.716. The fourth-order valence-corrected chi connectivity index (χ4v) is 5.36. The number of hydrogen-bond donors (Lipinski definition) is 0. The van der Waals surface area contributed by atoms with Crippen LogP contribution in [0.25, 0.3) is 0 Å². The van der Waals surface area contributed by atoms with Gasteiger partial charge in [0.25, 0.3) is 0 Å². The molecule has 1 amide bonds. The molecule has 2 aliphatic rings. The molecule has 2 fully saturated rings. The molecule has 2 aliphatic heterocycles. The number of sulfonamides is 1. The van der Waals surface area contributed by atoms with E-state index in [2.05, 4.69) is 0 Å². The van der Waals surface area contributed by atoms with Gasteiger partial charge in [-0.15, -0.1) is 0 Å². The molecular formula is C18H26N2O5S. The number of ether oxygens (including phenoxy) is 2. The normalized spacial score (nSPS) is 22.2. The first kappa shape index (κ1) is 19.1. The van der Waals surface area contributed by atoms with Crippen LogP contribution in [0, 0.1) is 0 Å². The lowest BCUT2D eigenvalue weighted by Gasteiger charge is -2.36. The minimum atomic E-state index is -3.39. The second kappa shape index (κ2) is 8.37. The van der Waals surface area contributed by atoms with Crippen LogP contribution in [0.15, 0.2) is 24.3 Å². The van der Waals surface area contributed by atoms with Crippen molar-refractivity contribution in [1.82, 2.24) is 9.21 Å². The summed E-state index contributed by atoms with van der Waals surface area (Å²) in [5, 5.41) is -0.519. The van der Waals surface area contributed by atoms with Gasteiger partial charge in [-0.1, -0.05) is 12.1 Å². The maximum Gasteiger partial charge on any atom is 0.227 e. The van der Waals surface area contributed by atoms with Crippen LogP contribution in [-0.4, -0.2) is 75.3 Å². The molecule has 0 saturated carbocycles. The summed E-state index contributed by atoms with van der Waals surface area (Å²) in [4.78, 5) is 14.3. The van der Waals surface area contributed by atoms with Gasteiger partial charge in [-0.3, -0.25) is 4.79 Å². The molecule has 3 rings (SSSR count). The molecule has 1 aromatic rings. The largest absolute Gasteiger partial charge is 0.497 e. The quantitative estimate of drug-likeness (QED) is 0.756. The van der Waals surface area contributed by atoms with Crippen molar-refractivity contribution in [3.63, 3.8) is 0 Å². The first-order valence-electron chi connectivity index (χ1n) is 8.98. The van der Waals surface area contributed by atoms with Gasteiger partial charge in [0.05, 0.1) is 32.0 Å². The van der Waals surface area contributed by atoms with E-state index in [-0.39, 0.29) is 18.9 Å². The standard InChI is InChI=1S/C18H26N2O5S/c1-24-16-6-4-15(5-7-16)13-18(21)19-8-2-3-17(14-19)26(22,23)20-9-11-25-12-10-20/h4-7,17H,2-3,8-14H2,1H3/t17-/m1/s1. The van der Waals surface area contributed by atoms with Crippen LogP contribution in [0.5, 0.6) is 5.75 Å². The molecule has 1 atom stereocenters. The second-order valence-electron chi connectivity index (χ2n) is 6.69. The predicted molar refractivity (Wildman–Crippen MR) is 97.6 cm³/mol. The van der Waals surface area contributed by atoms with Crippen molar-refractivity contribution in [1.29, 1.82) is 0 Å². The Hall–Kier alpha value is -1.64. The number of methoxy groups -OCH3 is 1. The fraction of sp³-hybridized carbons (Fsp3) is 0.611. The smallest absolute Gasteiger partial charge is 0.227 e. The predicted octanol–water partition coefficient (Wildman–Crippen LogP) is 0.891. The summed E-state index contributed by atoms with van der Waals surface area (Å²) in [6.45, 7) is 2.56. The molecule has 0 spiro atoms. The molecule has 8 heteroatoms. The molecule has 1 aromatic carbocycles. The average molecular weight is 382 g/mol. The van der Waals surface area contributed by atoms with Gasteiger partial charge in [0, 0.05) is 26.2 Å². The Balaban J connectivity index is 1.62. The van der Waals surface area contributed by atoms with Crippen LogP contribution < -0.4 is 4.74 Å². The van der Waals surface area contributed by atoms with Gasteiger partial charge < -0.3 is 14.4 Å². The highest BCUT2D eigenvalue weighted by atomic mass is 32.2. The molecule has 0 bridgehead atoms. The molecule has 144 valence electrons. The van der Waals surface area contributed by atoms with Crippen molar-refractivity contribution in [2.75, 3.05) is 46.5 Å². The van der Waals surface area contributed by atoms with Crippen molar-refractivity contribution in [3.8, 4) is 5.75 Å². The topological polar surface area (TPSA) is 76.2 Å². The zero-order chi connectivity index (χ0) is 18.6. The zero-order valence-corrected chi connectivity index (χ0v) is 15.9. The number of amides is 1. The van der Waals surface area contributed by atoms with Crippen LogP contribution >= 0.6 is 0 Å². The molecule has 0 aromatic heterocycles. The van der Waals surface area contributed by atoms with Crippen molar-refractivity contribution < 1.29 is 22.7 Å². The average Bonchev–Trinajstić information content (AvgIpc) is 2.69. The SMILES string of the molecule is COc1ccc(CC(=O)N2CCC[C@@H](S(=O)(=O)N3CCOCC3)C2)cc1. The lowest BCUT2D eigenvalue weighted by molar-refractivity contribution is -0.131. The lowest BCUT2D eigenvalue weighted by Crippen LogP contribution is -2.52. The van der Waals surface area contributed by atoms with Gasteiger partial charge >= 0.3 is 0 Å². The monoisotopic (exact) mass is 382 g/mol. The summed E-state index contributed by atoms with van der Waals surface area (Å²) < 4.78 is 37.6. The van der Waals surface area contributed by atoms with Crippen molar-refractivity contribution in [2.45, 2.75) is 24.5 Å². The van der Waals surface area contributed by atoms with Gasteiger partial charge in [0.15, 0.2) is 0 Å². The Bertz CT molecular complexity index is 714.